The van der Waals surface area contributed by atoms with E-state index in [1.807, 2.05) is 23.9 Å². The first-order valence-corrected chi connectivity index (χ1v) is 12.0. The average molecular weight is 455 g/mol. The van der Waals surface area contributed by atoms with Gasteiger partial charge in [0.25, 0.3) is 0 Å². The lowest BCUT2D eigenvalue weighted by Gasteiger charge is -2.23. The number of aryl methyl sites for hydroxylation is 1. The standard InChI is InChI=1S/C28H26N2S2/c1-21-10-8-9-15-26(21)27(23-11-4-2-5-12-23)30-28(31)29-24-18-16-22(17-19-24)20-32-25-13-6-3-7-14-25/h2-19,27H,20H2,1H3,(H2,29,30,31). The van der Waals surface area contributed by atoms with Crippen molar-refractivity contribution in [1.82, 2.24) is 5.32 Å². The predicted molar refractivity (Wildman–Crippen MR) is 141 cm³/mol. The van der Waals surface area contributed by atoms with Gasteiger partial charge in [0.2, 0.25) is 0 Å². The first kappa shape index (κ1) is 22.1. The van der Waals surface area contributed by atoms with Crippen molar-refractivity contribution in [3.63, 3.8) is 0 Å². The van der Waals surface area contributed by atoms with Crippen LogP contribution in [0.5, 0.6) is 0 Å². The zero-order valence-corrected chi connectivity index (χ0v) is 19.6. The van der Waals surface area contributed by atoms with Crippen molar-refractivity contribution >= 4 is 34.8 Å². The van der Waals surface area contributed by atoms with E-state index in [-0.39, 0.29) is 6.04 Å². The van der Waals surface area contributed by atoms with Gasteiger partial charge in [-0.2, -0.15) is 0 Å². The molecule has 0 aliphatic carbocycles. The van der Waals surface area contributed by atoms with Crippen molar-refractivity contribution in [2.45, 2.75) is 23.6 Å². The molecule has 0 heterocycles. The summed E-state index contributed by atoms with van der Waals surface area (Å²) >= 11 is 7.52. The molecule has 0 spiro atoms. The molecule has 2 nitrogen and oxygen atoms in total. The van der Waals surface area contributed by atoms with Gasteiger partial charge < -0.3 is 10.6 Å². The first-order valence-electron chi connectivity index (χ1n) is 10.6. The Bertz CT molecular complexity index is 1140. The van der Waals surface area contributed by atoms with Crippen LogP contribution >= 0.6 is 24.0 Å². The van der Waals surface area contributed by atoms with E-state index in [0.29, 0.717) is 5.11 Å². The number of thioether (sulfide) groups is 1. The van der Waals surface area contributed by atoms with Crippen LogP contribution < -0.4 is 10.6 Å². The summed E-state index contributed by atoms with van der Waals surface area (Å²) in [4.78, 5) is 1.28. The van der Waals surface area contributed by atoms with Gasteiger partial charge in [-0.05, 0) is 65.7 Å². The van der Waals surface area contributed by atoms with Crippen molar-refractivity contribution in [2.75, 3.05) is 5.32 Å². The third kappa shape index (κ3) is 6.00. The quantitative estimate of drug-likeness (QED) is 0.225. The minimum absolute atomic E-state index is 0.0149. The van der Waals surface area contributed by atoms with E-state index in [0.717, 1.165) is 11.4 Å². The van der Waals surface area contributed by atoms with Crippen molar-refractivity contribution < 1.29 is 0 Å². The minimum atomic E-state index is -0.0149. The second kappa shape index (κ2) is 11.0. The Labute approximate surface area is 200 Å². The Morgan fingerprint density at radius 1 is 0.781 bits per heavy atom. The number of thiocarbonyl (C=S) groups is 1. The van der Waals surface area contributed by atoms with Crippen LogP contribution in [0.4, 0.5) is 5.69 Å². The van der Waals surface area contributed by atoms with Gasteiger partial charge in [0.15, 0.2) is 5.11 Å². The monoisotopic (exact) mass is 454 g/mol. The molecule has 0 aliphatic rings. The van der Waals surface area contributed by atoms with E-state index in [1.54, 1.807) is 0 Å². The fraction of sp³-hybridized carbons (Fsp3) is 0.107. The molecule has 0 bridgehead atoms. The maximum atomic E-state index is 5.68. The van der Waals surface area contributed by atoms with Crippen LogP contribution in [0.25, 0.3) is 0 Å². The van der Waals surface area contributed by atoms with Gasteiger partial charge >= 0.3 is 0 Å². The van der Waals surface area contributed by atoms with Crippen LogP contribution in [-0.4, -0.2) is 5.11 Å². The van der Waals surface area contributed by atoms with Crippen LogP contribution in [0.1, 0.15) is 28.3 Å². The lowest BCUT2D eigenvalue weighted by atomic mass is 9.95. The maximum absolute atomic E-state index is 5.68. The molecule has 0 saturated carbocycles. The molecule has 32 heavy (non-hydrogen) atoms. The second-order valence-corrected chi connectivity index (χ2v) is 9.05. The molecule has 0 aliphatic heterocycles. The van der Waals surface area contributed by atoms with E-state index < -0.39 is 0 Å². The highest BCUT2D eigenvalue weighted by Gasteiger charge is 2.17. The number of anilines is 1. The largest absolute Gasteiger partial charge is 0.352 e. The Balaban J connectivity index is 1.41. The molecular formula is C28H26N2S2. The van der Waals surface area contributed by atoms with Gasteiger partial charge in [-0.1, -0.05) is 84.9 Å². The van der Waals surface area contributed by atoms with Gasteiger partial charge in [-0.15, -0.1) is 11.8 Å². The molecule has 4 heteroatoms. The normalized spacial score (nSPS) is 11.5. The molecule has 0 aromatic heterocycles. The number of rotatable bonds is 7. The molecule has 0 saturated heterocycles. The lowest BCUT2D eigenvalue weighted by Crippen LogP contribution is -2.33. The highest BCUT2D eigenvalue weighted by Crippen LogP contribution is 2.26. The zero-order valence-electron chi connectivity index (χ0n) is 18.0. The van der Waals surface area contributed by atoms with Crippen LogP contribution in [0.15, 0.2) is 114 Å². The molecule has 2 N–H and O–H groups in total. The van der Waals surface area contributed by atoms with Gasteiger partial charge in [0, 0.05) is 16.3 Å². The van der Waals surface area contributed by atoms with Crippen molar-refractivity contribution in [2.24, 2.45) is 0 Å². The molecule has 1 atom stereocenters. The molecule has 0 fully saturated rings. The van der Waals surface area contributed by atoms with Crippen LogP contribution in [0.3, 0.4) is 0 Å². The fourth-order valence-electron chi connectivity index (χ4n) is 3.56. The van der Waals surface area contributed by atoms with Gasteiger partial charge in [-0.25, -0.2) is 0 Å². The Hall–Kier alpha value is -3.08. The Kier molecular flexibility index (Phi) is 7.59. The fourth-order valence-corrected chi connectivity index (χ4v) is 4.67. The van der Waals surface area contributed by atoms with Crippen LogP contribution in [-0.2, 0) is 5.75 Å². The van der Waals surface area contributed by atoms with E-state index in [9.17, 15) is 0 Å². The van der Waals surface area contributed by atoms with Crippen molar-refractivity contribution in [3.8, 4) is 0 Å². The molecule has 1 unspecified atom stereocenters. The molecule has 4 aromatic rings. The third-order valence-electron chi connectivity index (χ3n) is 5.27. The first-order chi connectivity index (χ1) is 15.7. The van der Waals surface area contributed by atoms with E-state index in [4.69, 9.17) is 12.2 Å². The summed E-state index contributed by atoms with van der Waals surface area (Å²) < 4.78 is 0. The molecule has 4 rings (SSSR count). The highest BCUT2D eigenvalue weighted by molar-refractivity contribution is 7.98. The predicted octanol–water partition coefficient (Wildman–Crippen LogP) is 7.36. The Morgan fingerprint density at radius 3 is 2.09 bits per heavy atom. The SMILES string of the molecule is Cc1ccccc1C(NC(=S)Nc1ccc(CSc2ccccc2)cc1)c1ccccc1. The van der Waals surface area contributed by atoms with Crippen LogP contribution in [0.2, 0.25) is 0 Å². The summed E-state index contributed by atoms with van der Waals surface area (Å²) in [6, 6.07) is 37.8. The third-order valence-corrected chi connectivity index (χ3v) is 6.57. The summed E-state index contributed by atoms with van der Waals surface area (Å²) in [5.74, 6) is 0.941. The van der Waals surface area contributed by atoms with Gasteiger partial charge in [-0.3, -0.25) is 0 Å². The van der Waals surface area contributed by atoms with Crippen molar-refractivity contribution in [1.29, 1.82) is 0 Å². The average Bonchev–Trinajstić information content (AvgIpc) is 2.84. The van der Waals surface area contributed by atoms with Gasteiger partial charge in [0.05, 0.1) is 6.04 Å². The van der Waals surface area contributed by atoms with E-state index >= 15 is 0 Å². The van der Waals surface area contributed by atoms with Gasteiger partial charge in [0.1, 0.15) is 0 Å². The summed E-state index contributed by atoms with van der Waals surface area (Å²) in [6.07, 6.45) is 0. The maximum Gasteiger partial charge on any atom is 0.171 e. The minimum Gasteiger partial charge on any atom is -0.352 e. The number of hydrogen-bond donors (Lipinski definition) is 2. The molecular weight excluding hydrogens is 428 g/mol. The summed E-state index contributed by atoms with van der Waals surface area (Å²) in [5.41, 5.74) is 5.89. The smallest absolute Gasteiger partial charge is 0.171 e. The second-order valence-electron chi connectivity index (χ2n) is 7.60. The van der Waals surface area contributed by atoms with E-state index in [1.165, 1.54) is 27.1 Å². The Morgan fingerprint density at radius 2 is 1.41 bits per heavy atom. The van der Waals surface area contributed by atoms with Crippen molar-refractivity contribution in [3.05, 3.63) is 131 Å². The molecule has 4 aromatic carbocycles. The molecule has 0 amide bonds. The molecule has 0 radical (unpaired) electrons. The highest BCUT2D eigenvalue weighted by atomic mass is 32.2. The number of nitrogens with one attached hydrogen (secondary N) is 2. The van der Waals surface area contributed by atoms with E-state index in [2.05, 4.69) is 115 Å². The number of hydrogen-bond acceptors (Lipinski definition) is 2. The molecule has 160 valence electrons. The van der Waals surface area contributed by atoms with Crippen LogP contribution in [0, 0.1) is 6.92 Å². The summed E-state index contributed by atoms with van der Waals surface area (Å²) in [5, 5.41) is 7.47. The summed E-state index contributed by atoms with van der Waals surface area (Å²) in [6.45, 7) is 2.13. The zero-order chi connectivity index (χ0) is 22.2. The topological polar surface area (TPSA) is 24.1 Å². The number of benzene rings is 4. The summed E-state index contributed by atoms with van der Waals surface area (Å²) in [7, 11) is 0. The lowest BCUT2D eigenvalue weighted by molar-refractivity contribution is 0.762.